The lowest BCUT2D eigenvalue weighted by atomic mass is 9.98. The van der Waals surface area contributed by atoms with Crippen molar-refractivity contribution < 1.29 is 27.5 Å². The third-order valence-electron chi connectivity index (χ3n) is 2.24. The summed E-state index contributed by atoms with van der Waals surface area (Å²) in [6.45, 7) is 2.88. The van der Waals surface area contributed by atoms with Gasteiger partial charge in [0.2, 0.25) is 0 Å². The van der Waals surface area contributed by atoms with E-state index in [0.29, 0.717) is 0 Å². The molecule has 0 aliphatic heterocycles. The SMILES string of the molecule is CCOc1cc(C=O)c(C(F)(F)F)c(C(C)=O)c1. The summed E-state index contributed by atoms with van der Waals surface area (Å²) in [5.74, 6) is -0.704. The second kappa shape index (κ2) is 5.20. The van der Waals surface area contributed by atoms with Crippen LogP contribution in [-0.4, -0.2) is 18.7 Å². The maximum Gasteiger partial charge on any atom is 0.417 e. The summed E-state index contributed by atoms with van der Waals surface area (Å²) in [4.78, 5) is 22.0. The van der Waals surface area contributed by atoms with E-state index in [1.54, 1.807) is 6.92 Å². The molecule has 6 heteroatoms. The Kier molecular flexibility index (Phi) is 4.11. The van der Waals surface area contributed by atoms with E-state index in [4.69, 9.17) is 4.74 Å². The molecule has 0 saturated carbocycles. The average Bonchev–Trinajstić information content (AvgIpc) is 2.26. The molecule has 0 bridgehead atoms. The Morgan fingerprint density at radius 1 is 1.39 bits per heavy atom. The summed E-state index contributed by atoms with van der Waals surface area (Å²) >= 11 is 0. The number of carbonyl (C=O) groups excluding carboxylic acids is 2. The molecule has 98 valence electrons. The van der Waals surface area contributed by atoms with E-state index >= 15 is 0 Å². The number of ether oxygens (including phenoxy) is 1. The van der Waals surface area contributed by atoms with Crippen molar-refractivity contribution in [2.24, 2.45) is 0 Å². The van der Waals surface area contributed by atoms with Crippen LogP contribution in [0.25, 0.3) is 0 Å². The van der Waals surface area contributed by atoms with Gasteiger partial charge in [0.15, 0.2) is 12.1 Å². The number of halogens is 3. The summed E-state index contributed by atoms with van der Waals surface area (Å²) in [5.41, 5.74) is -2.37. The second-order valence-electron chi connectivity index (χ2n) is 3.54. The van der Waals surface area contributed by atoms with Crippen molar-refractivity contribution in [1.29, 1.82) is 0 Å². The van der Waals surface area contributed by atoms with E-state index in [0.717, 1.165) is 19.1 Å². The first-order valence-corrected chi connectivity index (χ1v) is 5.15. The molecule has 0 aliphatic rings. The maximum absolute atomic E-state index is 12.8. The molecule has 1 rings (SSSR count). The van der Waals surface area contributed by atoms with Crippen molar-refractivity contribution in [2.75, 3.05) is 6.61 Å². The van der Waals surface area contributed by atoms with Crippen molar-refractivity contribution in [1.82, 2.24) is 0 Å². The first-order valence-electron chi connectivity index (χ1n) is 5.15. The van der Waals surface area contributed by atoms with Gasteiger partial charge in [-0.3, -0.25) is 9.59 Å². The standard InChI is InChI=1S/C12H11F3O3/c1-3-18-9-4-8(6-16)11(12(13,14)15)10(5-9)7(2)17/h4-6H,3H2,1-2H3. The number of hydrogen-bond acceptors (Lipinski definition) is 3. The van der Waals surface area contributed by atoms with E-state index in [1.807, 2.05) is 0 Å². The average molecular weight is 260 g/mol. The second-order valence-corrected chi connectivity index (χ2v) is 3.54. The molecule has 1 aromatic rings. The highest BCUT2D eigenvalue weighted by atomic mass is 19.4. The fourth-order valence-corrected chi connectivity index (χ4v) is 1.57. The summed E-state index contributed by atoms with van der Waals surface area (Å²) in [6.07, 6.45) is -4.69. The summed E-state index contributed by atoms with van der Waals surface area (Å²) in [6, 6.07) is 1.98. The molecule has 1 aromatic carbocycles. The largest absolute Gasteiger partial charge is 0.494 e. The number of aldehydes is 1. The molecule has 0 saturated heterocycles. The fraction of sp³-hybridized carbons (Fsp3) is 0.333. The van der Waals surface area contributed by atoms with Crippen LogP contribution in [0.2, 0.25) is 0 Å². The lowest BCUT2D eigenvalue weighted by Gasteiger charge is -2.15. The molecule has 0 unspecified atom stereocenters. The molecule has 0 amide bonds. The van der Waals surface area contributed by atoms with Crippen molar-refractivity contribution in [3.8, 4) is 5.75 Å². The van der Waals surface area contributed by atoms with Crippen LogP contribution in [0.3, 0.4) is 0 Å². The molecule has 0 N–H and O–H groups in total. The predicted molar refractivity (Wildman–Crippen MR) is 58.0 cm³/mol. The first-order chi connectivity index (χ1) is 8.31. The van der Waals surface area contributed by atoms with Crippen LogP contribution < -0.4 is 4.74 Å². The Balaban J connectivity index is 3.56. The Hall–Kier alpha value is -1.85. The minimum atomic E-state index is -4.76. The topological polar surface area (TPSA) is 43.4 Å². The Morgan fingerprint density at radius 3 is 2.39 bits per heavy atom. The van der Waals surface area contributed by atoms with Gasteiger partial charge >= 0.3 is 6.18 Å². The quantitative estimate of drug-likeness (QED) is 0.617. The Bertz CT molecular complexity index is 478. The van der Waals surface area contributed by atoms with Gasteiger partial charge in [0.1, 0.15) is 5.75 Å². The molecular formula is C12H11F3O3. The molecule has 0 fully saturated rings. The van der Waals surface area contributed by atoms with Crippen LogP contribution in [-0.2, 0) is 6.18 Å². The van der Waals surface area contributed by atoms with Crippen LogP contribution in [0, 0.1) is 0 Å². The zero-order valence-corrected chi connectivity index (χ0v) is 9.80. The van der Waals surface area contributed by atoms with Gasteiger partial charge in [0, 0.05) is 11.1 Å². The third kappa shape index (κ3) is 2.88. The van der Waals surface area contributed by atoms with Gasteiger partial charge in [0.25, 0.3) is 0 Å². The van der Waals surface area contributed by atoms with Gasteiger partial charge in [-0.05, 0) is 26.0 Å². The van der Waals surface area contributed by atoms with Gasteiger partial charge in [-0.25, -0.2) is 0 Å². The summed E-state index contributed by atoms with van der Waals surface area (Å²) in [7, 11) is 0. The first kappa shape index (κ1) is 14.2. The van der Waals surface area contributed by atoms with Crippen LogP contribution in [0.5, 0.6) is 5.75 Å². The normalized spacial score (nSPS) is 11.2. The molecule has 0 heterocycles. The Morgan fingerprint density at radius 2 is 2.00 bits per heavy atom. The summed E-state index contributed by atoms with van der Waals surface area (Å²) in [5, 5.41) is 0. The number of ketones is 1. The number of carbonyl (C=O) groups is 2. The van der Waals surface area contributed by atoms with Crippen molar-refractivity contribution in [3.05, 3.63) is 28.8 Å². The minimum Gasteiger partial charge on any atom is -0.494 e. The molecule has 0 atom stereocenters. The third-order valence-corrected chi connectivity index (χ3v) is 2.24. The van der Waals surface area contributed by atoms with E-state index in [-0.39, 0.29) is 18.6 Å². The van der Waals surface area contributed by atoms with Crippen LogP contribution >= 0.6 is 0 Å². The smallest absolute Gasteiger partial charge is 0.417 e. The Labute approximate surface area is 102 Å². The number of benzene rings is 1. The van der Waals surface area contributed by atoms with Crippen LogP contribution in [0.4, 0.5) is 13.2 Å². The predicted octanol–water partition coefficient (Wildman–Crippen LogP) is 3.12. The zero-order chi connectivity index (χ0) is 13.9. The fourth-order valence-electron chi connectivity index (χ4n) is 1.57. The van der Waals surface area contributed by atoms with Crippen molar-refractivity contribution in [3.63, 3.8) is 0 Å². The van der Waals surface area contributed by atoms with Gasteiger partial charge in [-0.1, -0.05) is 0 Å². The lowest BCUT2D eigenvalue weighted by molar-refractivity contribution is -0.138. The van der Waals surface area contributed by atoms with Gasteiger partial charge in [0.05, 0.1) is 12.2 Å². The molecule has 3 nitrogen and oxygen atoms in total. The maximum atomic E-state index is 12.8. The molecule has 0 aromatic heterocycles. The van der Waals surface area contributed by atoms with Crippen molar-refractivity contribution >= 4 is 12.1 Å². The number of Topliss-reactive ketones (excluding diaryl/α,β-unsaturated/α-hetero) is 1. The van der Waals surface area contributed by atoms with Gasteiger partial charge in [-0.2, -0.15) is 13.2 Å². The molecule has 18 heavy (non-hydrogen) atoms. The highest BCUT2D eigenvalue weighted by Crippen LogP contribution is 2.36. The van der Waals surface area contributed by atoms with E-state index in [1.165, 1.54) is 0 Å². The van der Waals surface area contributed by atoms with Gasteiger partial charge < -0.3 is 4.74 Å². The minimum absolute atomic E-state index is 0.0672. The zero-order valence-electron chi connectivity index (χ0n) is 9.80. The van der Waals surface area contributed by atoms with E-state index in [2.05, 4.69) is 0 Å². The molecular weight excluding hydrogens is 249 g/mol. The van der Waals surface area contributed by atoms with Crippen LogP contribution in [0.1, 0.15) is 40.1 Å². The molecule has 0 radical (unpaired) electrons. The lowest BCUT2D eigenvalue weighted by Crippen LogP contribution is -2.15. The molecule has 0 spiro atoms. The highest BCUT2D eigenvalue weighted by molar-refractivity contribution is 5.98. The number of hydrogen-bond donors (Lipinski definition) is 0. The van der Waals surface area contributed by atoms with Crippen molar-refractivity contribution in [2.45, 2.75) is 20.0 Å². The highest BCUT2D eigenvalue weighted by Gasteiger charge is 2.37. The summed E-state index contributed by atoms with van der Waals surface area (Å²) < 4.78 is 43.5. The van der Waals surface area contributed by atoms with Gasteiger partial charge in [-0.15, -0.1) is 0 Å². The number of alkyl halides is 3. The van der Waals surface area contributed by atoms with E-state index < -0.39 is 28.6 Å². The van der Waals surface area contributed by atoms with E-state index in [9.17, 15) is 22.8 Å². The monoisotopic (exact) mass is 260 g/mol. The number of rotatable bonds is 4. The van der Waals surface area contributed by atoms with Crippen LogP contribution in [0.15, 0.2) is 12.1 Å². The molecule has 0 aliphatic carbocycles.